The molecule has 0 aliphatic carbocycles. The molecule has 0 atom stereocenters. The van der Waals surface area contributed by atoms with E-state index in [-0.39, 0.29) is 5.91 Å². The van der Waals surface area contributed by atoms with Gasteiger partial charge in [-0.2, -0.15) is 0 Å². The van der Waals surface area contributed by atoms with Crippen LogP contribution in [0.1, 0.15) is 15.9 Å². The van der Waals surface area contributed by atoms with E-state index in [9.17, 15) is 4.79 Å². The molecular formula is C22H32N4O2S2. The highest BCUT2D eigenvalue weighted by Crippen LogP contribution is 2.23. The van der Waals surface area contributed by atoms with E-state index in [1.165, 1.54) is 0 Å². The van der Waals surface area contributed by atoms with Gasteiger partial charge in [0.15, 0.2) is 0 Å². The second-order valence-electron chi connectivity index (χ2n) is 7.37. The quantitative estimate of drug-likeness (QED) is 0.387. The zero-order chi connectivity index (χ0) is 21.9. The van der Waals surface area contributed by atoms with Crippen molar-refractivity contribution in [3.05, 3.63) is 53.6 Å². The number of benzene rings is 2. The fourth-order valence-electron chi connectivity index (χ4n) is 3.15. The minimum atomic E-state index is -0.101. The molecule has 0 saturated carbocycles. The fourth-order valence-corrected chi connectivity index (χ4v) is 3.15. The van der Waals surface area contributed by atoms with Crippen molar-refractivity contribution in [2.24, 2.45) is 0 Å². The highest BCUT2D eigenvalue weighted by molar-refractivity contribution is 8.59. The highest BCUT2D eigenvalue weighted by atomic mass is 33.1. The van der Waals surface area contributed by atoms with Gasteiger partial charge in [0.1, 0.15) is 12.4 Å². The van der Waals surface area contributed by atoms with E-state index in [1.807, 2.05) is 63.5 Å². The molecule has 0 bridgehead atoms. The summed E-state index contributed by atoms with van der Waals surface area (Å²) in [5, 5.41) is 6.35. The number of ether oxygens (including phenoxy) is 1. The Morgan fingerprint density at radius 2 is 1.80 bits per heavy atom. The van der Waals surface area contributed by atoms with Crippen molar-refractivity contribution in [1.29, 1.82) is 0 Å². The zero-order valence-corrected chi connectivity index (χ0v) is 19.7. The number of anilines is 2. The lowest BCUT2D eigenvalue weighted by Gasteiger charge is -2.29. The van der Waals surface area contributed by atoms with Crippen LogP contribution in [0.25, 0.3) is 0 Å². The molecule has 6 nitrogen and oxygen atoms in total. The molecule has 2 N–H and O–H groups in total. The van der Waals surface area contributed by atoms with Crippen molar-refractivity contribution in [3.8, 4) is 5.75 Å². The molecule has 0 unspecified atom stereocenters. The molecule has 1 aliphatic heterocycles. The molecule has 0 radical (unpaired) electrons. The summed E-state index contributed by atoms with van der Waals surface area (Å²) < 4.78 is 5.75. The summed E-state index contributed by atoms with van der Waals surface area (Å²) in [7, 11) is 4.03. The first-order valence-electron chi connectivity index (χ1n) is 9.98. The topological polar surface area (TPSA) is 56.8 Å². The predicted molar refractivity (Wildman–Crippen MR) is 133 cm³/mol. The van der Waals surface area contributed by atoms with Crippen LogP contribution in [-0.2, 0) is 0 Å². The number of carbonyl (C=O) groups is 1. The number of carbonyl (C=O) groups excluding carboxylic acids is 1. The summed E-state index contributed by atoms with van der Waals surface area (Å²) in [6, 6.07) is 13.6. The average Bonchev–Trinajstić information content (AvgIpc) is 2.77. The summed E-state index contributed by atoms with van der Waals surface area (Å²) in [4.78, 5) is 17.0. The number of thiol groups is 2. The van der Waals surface area contributed by atoms with Crippen LogP contribution in [0.4, 0.5) is 11.4 Å². The molecule has 2 aromatic rings. The fraction of sp³-hybridized carbons (Fsp3) is 0.409. The van der Waals surface area contributed by atoms with Gasteiger partial charge in [-0.05, 0) is 69.0 Å². The first-order chi connectivity index (χ1) is 14.5. The van der Waals surface area contributed by atoms with Gasteiger partial charge in [-0.3, -0.25) is 4.79 Å². The number of aryl methyl sites for hydroxylation is 1. The van der Waals surface area contributed by atoms with Crippen molar-refractivity contribution in [3.63, 3.8) is 0 Å². The molecule has 2 aromatic carbocycles. The van der Waals surface area contributed by atoms with Crippen LogP contribution in [0.3, 0.4) is 0 Å². The normalized spacial score (nSPS) is 13.5. The van der Waals surface area contributed by atoms with E-state index in [1.54, 1.807) is 0 Å². The largest absolute Gasteiger partial charge is 0.492 e. The van der Waals surface area contributed by atoms with Crippen molar-refractivity contribution in [1.82, 2.24) is 10.2 Å². The smallest absolute Gasteiger partial charge is 0.255 e. The Labute approximate surface area is 190 Å². The number of hydrogen-bond acceptors (Lipinski definition) is 7. The summed E-state index contributed by atoms with van der Waals surface area (Å²) >= 11 is 6.44. The molecule has 8 heteroatoms. The lowest BCUT2D eigenvalue weighted by atomic mass is 10.1. The van der Waals surface area contributed by atoms with Crippen LogP contribution >= 0.6 is 23.3 Å². The van der Waals surface area contributed by atoms with Gasteiger partial charge in [-0.25, -0.2) is 0 Å². The molecule has 1 amide bonds. The minimum Gasteiger partial charge on any atom is -0.492 e. The molecule has 0 aromatic heterocycles. The number of likely N-dealkylation sites (N-methyl/N-ethyl adjacent to an activating group) is 1. The Hall–Kier alpha value is -1.87. The van der Waals surface area contributed by atoms with Crippen molar-refractivity contribution in [2.75, 3.05) is 63.6 Å². The number of hydrogen-bond donors (Lipinski definition) is 4. The molecule has 0 spiro atoms. The third-order valence-electron chi connectivity index (χ3n) is 4.86. The number of nitrogens with one attached hydrogen (secondary N) is 2. The van der Waals surface area contributed by atoms with Gasteiger partial charge in [0.2, 0.25) is 0 Å². The SMILES string of the molecule is Cc1cc(OCCN(C)C)ccc1NC(=O)c1ccc(N2CCNCC2)cc1.SS. The number of nitrogens with zero attached hydrogens (tertiary/aromatic N) is 2. The Kier molecular flexibility index (Phi) is 10.4. The number of rotatable bonds is 7. The van der Waals surface area contributed by atoms with E-state index < -0.39 is 0 Å². The maximum Gasteiger partial charge on any atom is 0.255 e. The van der Waals surface area contributed by atoms with E-state index in [0.717, 1.165) is 55.4 Å². The second kappa shape index (κ2) is 12.7. The zero-order valence-electron chi connectivity index (χ0n) is 17.9. The van der Waals surface area contributed by atoms with E-state index >= 15 is 0 Å². The Morgan fingerprint density at radius 1 is 1.13 bits per heavy atom. The van der Waals surface area contributed by atoms with Gasteiger partial charge in [0.05, 0.1) is 0 Å². The Bertz CT molecular complexity index is 794. The van der Waals surface area contributed by atoms with Crippen LogP contribution in [0.15, 0.2) is 42.5 Å². The van der Waals surface area contributed by atoms with Gasteiger partial charge in [0, 0.05) is 49.7 Å². The molecule has 1 fully saturated rings. The van der Waals surface area contributed by atoms with Gasteiger partial charge < -0.3 is 25.2 Å². The molecule has 3 rings (SSSR count). The van der Waals surface area contributed by atoms with Crippen LogP contribution in [-0.4, -0.2) is 64.2 Å². The summed E-state index contributed by atoms with van der Waals surface area (Å²) in [5.41, 5.74) is 3.60. The molecule has 1 aliphatic rings. The van der Waals surface area contributed by atoms with Gasteiger partial charge in [0.25, 0.3) is 5.91 Å². The van der Waals surface area contributed by atoms with Crippen LogP contribution in [0.2, 0.25) is 0 Å². The monoisotopic (exact) mass is 448 g/mol. The van der Waals surface area contributed by atoms with Crippen molar-refractivity contribution < 1.29 is 9.53 Å². The second-order valence-corrected chi connectivity index (χ2v) is 7.37. The Balaban J connectivity index is 0.00000155. The third-order valence-corrected chi connectivity index (χ3v) is 4.86. The van der Waals surface area contributed by atoms with E-state index in [4.69, 9.17) is 4.74 Å². The van der Waals surface area contributed by atoms with E-state index in [0.29, 0.717) is 12.2 Å². The standard InChI is InChI=1S/C22H30N4O2.H2S2/c1-17-16-20(28-15-14-25(2)3)8-9-21(17)24-22(27)18-4-6-19(7-5-18)26-12-10-23-11-13-26;1-2/h4-9,16,23H,10-15H2,1-3H3,(H,24,27);1-2H. The molecule has 1 heterocycles. The number of piperazine rings is 1. The lowest BCUT2D eigenvalue weighted by molar-refractivity contribution is 0.102. The molecule has 1 saturated heterocycles. The third kappa shape index (κ3) is 7.43. The molecule has 30 heavy (non-hydrogen) atoms. The predicted octanol–water partition coefficient (Wildman–Crippen LogP) is 3.36. The van der Waals surface area contributed by atoms with Crippen LogP contribution in [0.5, 0.6) is 5.75 Å². The van der Waals surface area contributed by atoms with Crippen LogP contribution in [0, 0.1) is 6.92 Å². The summed E-state index contributed by atoms with van der Waals surface area (Å²) in [6.45, 7) is 7.45. The molecular weight excluding hydrogens is 416 g/mol. The molecule has 164 valence electrons. The van der Waals surface area contributed by atoms with Crippen LogP contribution < -0.4 is 20.3 Å². The maximum atomic E-state index is 12.6. The first kappa shape index (κ1) is 24.4. The summed E-state index contributed by atoms with van der Waals surface area (Å²) in [5.74, 6) is 0.717. The minimum absolute atomic E-state index is 0.101. The average molecular weight is 449 g/mol. The Morgan fingerprint density at radius 3 is 2.40 bits per heavy atom. The number of amides is 1. The summed E-state index contributed by atoms with van der Waals surface area (Å²) in [6.07, 6.45) is 0. The first-order valence-corrected chi connectivity index (χ1v) is 11.6. The van der Waals surface area contributed by atoms with Crippen molar-refractivity contribution >= 4 is 40.6 Å². The van der Waals surface area contributed by atoms with Gasteiger partial charge in [-0.15, -0.1) is 23.3 Å². The lowest BCUT2D eigenvalue weighted by Crippen LogP contribution is -2.43. The maximum absolute atomic E-state index is 12.6. The highest BCUT2D eigenvalue weighted by Gasteiger charge is 2.12. The van der Waals surface area contributed by atoms with Crippen molar-refractivity contribution in [2.45, 2.75) is 6.92 Å². The van der Waals surface area contributed by atoms with Gasteiger partial charge in [-0.1, -0.05) is 0 Å². The van der Waals surface area contributed by atoms with Gasteiger partial charge >= 0.3 is 0 Å². The van der Waals surface area contributed by atoms with E-state index in [2.05, 4.69) is 43.8 Å².